The lowest BCUT2D eigenvalue weighted by Crippen LogP contribution is -2.34. The van der Waals surface area contributed by atoms with E-state index in [2.05, 4.69) is 18.5 Å². The van der Waals surface area contributed by atoms with Crippen LogP contribution >= 0.6 is 0 Å². The van der Waals surface area contributed by atoms with Crippen molar-refractivity contribution in [2.45, 2.75) is 19.5 Å². The molecule has 3 N–H and O–H groups in total. The lowest BCUT2D eigenvalue weighted by Gasteiger charge is -2.11. The third-order valence-corrected chi connectivity index (χ3v) is 1.06. The Morgan fingerprint density at radius 3 is 2.78 bits per heavy atom. The van der Waals surface area contributed by atoms with Crippen molar-refractivity contribution < 1.29 is 0 Å². The minimum atomic E-state index is 0.00972. The molecule has 0 rings (SSSR count). The maximum absolute atomic E-state index is 5.53. The molecule has 0 saturated heterocycles. The average Bonchev–Trinajstić information content (AvgIpc) is 1.87. The molecule has 52 valence electrons. The van der Waals surface area contributed by atoms with Crippen molar-refractivity contribution >= 4 is 0 Å². The van der Waals surface area contributed by atoms with Crippen LogP contribution in [0.2, 0.25) is 0 Å². The van der Waals surface area contributed by atoms with Gasteiger partial charge in [0.1, 0.15) is 0 Å². The fraction of sp³-hybridized carbons (Fsp3) is 0.429. The van der Waals surface area contributed by atoms with Crippen LogP contribution < -0.4 is 11.1 Å². The van der Waals surface area contributed by atoms with Crippen LogP contribution in [0.5, 0.6) is 0 Å². The number of hydrogen-bond donors (Lipinski definition) is 2. The number of allylic oxidation sites excluding steroid dienone is 1. The van der Waals surface area contributed by atoms with E-state index in [1.807, 2.05) is 6.92 Å². The van der Waals surface area contributed by atoms with Crippen LogP contribution in [0, 0.1) is 0 Å². The Hall–Kier alpha value is -0.760. The second-order valence-electron chi connectivity index (χ2n) is 1.89. The molecule has 0 aromatic heterocycles. The maximum atomic E-state index is 5.53. The van der Waals surface area contributed by atoms with Crippen molar-refractivity contribution in [1.82, 2.24) is 5.32 Å². The Kier molecular flexibility index (Phi) is 3.80. The van der Waals surface area contributed by atoms with Gasteiger partial charge in [0, 0.05) is 5.70 Å². The summed E-state index contributed by atoms with van der Waals surface area (Å²) in [5, 5.41) is 2.94. The van der Waals surface area contributed by atoms with Gasteiger partial charge >= 0.3 is 0 Å². The molecule has 0 fully saturated rings. The van der Waals surface area contributed by atoms with Crippen molar-refractivity contribution in [2.24, 2.45) is 5.73 Å². The van der Waals surface area contributed by atoms with Crippen LogP contribution in [-0.4, -0.2) is 6.17 Å². The first-order chi connectivity index (χ1) is 4.20. The minimum absolute atomic E-state index is 0.00972. The number of nitrogens with one attached hydrogen (secondary N) is 1. The molecule has 0 spiro atoms. The minimum Gasteiger partial charge on any atom is -0.371 e. The fourth-order valence-electron chi connectivity index (χ4n) is 0.399. The van der Waals surface area contributed by atoms with Crippen LogP contribution in [0.4, 0.5) is 0 Å². The van der Waals surface area contributed by atoms with E-state index in [0.717, 1.165) is 12.1 Å². The summed E-state index contributed by atoms with van der Waals surface area (Å²) in [6, 6.07) is 0. The van der Waals surface area contributed by atoms with Crippen molar-refractivity contribution in [3.05, 3.63) is 24.9 Å². The van der Waals surface area contributed by atoms with Crippen molar-refractivity contribution in [3.8, 4) is 0 Å². The normalized spacial score (nSPS) is 12.2. The second-order valence-corrected chi connectivity index (χ2v) is 1.89. The first-order valence-corrected chi connectivity index (χ1v) is 3.04. The van der Waals surface area contributed by atoms with Gasteiger partial charge in [-0.2, -0.15) is 0 Å². The van der Waals surface area contributed by atoms with Gasteiger partial charge in [-0.15, -0.1) is 0 Å². The largest absolute Gasteiger partial charge is 0.371 e. The van der Waals surface area contributed by atoms with Crippen LogP contribution in [0.15, 0.2) is 24.9 Å². The molecule has 0 saturated carbocycles. The highest BCUT2D eigenvalue weighted by atomic mass is 15.0. The first kappa shape index (κ1) is 8.24. The molecule has 0 aromatic carbocycles. The van der Waals surface area contributed by atoms with Gasteiger partial charge in [-0.3, -0.25) is 0 Å². The lowest BCUT2D eigenvalue weighted by atomic mass is 10.3. The van der Waals surface area contributed by atoms with E-state index < -0.39 is 0 Å². The molecule has 9 heavy (non-hydrogen) atoms. The standard InChI is InChI=1S/C7H14N2/c1-4-6(3)9-7(8)5-2/h4,7,9H,1,3,5,8H2,2H3. The molecule has 1 atom stereocenters. The van der Waals surface area contributed by atoms with Gasteiger partial charge in [0.2, 0.25) is 0 Å². The quantitative estimate of drug-likeness (QED) is 0.435. The molecule has 0 aliphatic rings. The summed E-state index contributed by atoms with van der Waals surface area (Å²) in [6.45, 7) is 9.19. The molecule has 1 unspecified atom stereocenters. The zero-order valence-corrected chi connectivity index (χ0v) is 5.85. The predicted molar refractivity (Wildman–Crippen MR) is 40.7 cm³/mol. The Balaban J connectivity index is 3.46. The van der Waals surface area contributed by atoms with Gasteiger partial charge in [0.05, 0.1) is 6.17 Å². The van der Waals surface area contributed by atoms with Gasteiger partial charge in [0.25, 0.3) is 0 Å². The fourth-order valence-corrected chi connectivity index (χ4v) is 0.399. The van der Waals surface area contributed by atoms with E-state index in [0.29, 0.717) is 0 Å². The monoisotopic (exact) mass is 126 g/mol. The van der Waals surface area contributed by atoms with E-state index in [4.69, 9.17) is 5.73 Å². The van der Waals surface area contributed by atoms with Crippen molar-refractivity contribution in [1.29, 1.82) is 0 Å². The van der Waals surface area contributed by atoms with Crippen molar-refractivity contribution in [2.75, 3.05) is 0 Å². The zero-order valence-electron chi connectivity index (χ0n) is 5.85. The summed E-state index contributed by atoms with van der Waals surface area (Å²) in [7, 11) is 0. The lowest BCUT2D eigenvalue weighted by molar-refractivity contribution is 0.579. The summed E-state index contributed by atoms with van der Waals surface area (Å²) in [4.78, 5) is 0. The summed E-state index contributed by atoms with van der Waals surface area (Å²) < 4.78 is 0. The maximum Gasteiger partial charge on any atom is 0.0740 e. The highest BCUT2D eigenvalue weighted by molar-refractivity contribution is 5.08. The zero-order chi connectivity index (χ0) is 7.28. The smallest absolute Gasteiger partial charge is 0.0740 e. The molecule has 2 heteroatoms. The summed E-state index contributed by atoms with van der Waals surface area (Å²) in [5.74, 6) is 0. The Bertz CT molecular complexity index is 107. The average molecular weight is 126 g/mol. The molecule has 0 bridgehead atoms. The van der Waals surface area contributed by atoms with Gasteiger partial charge in [-0.1, -0.05) is 20.1 Å². The number of rotatable bonds is 4. The molecule has 0 aromatic rings. The molecule has 0 amide bonds. The van der Waals surface area contributed by atoms with Crippen LogP contribution in [0.25, 0.3) is 0 Å². The summed E-state index contributed by atoms with van der Waals surface area (Å²) in [5.41, 5.74) is 6.31. The van der Waals surface area contributed by atoms with E-state index in [-0.39, 0.29) is 6.17 Å². The van der Waals surface area contributed by atoms with Gasteiger partial charge < -0.3 is 11.1 Å². The molecule has 2 nitrogen and oxygen atoms in total. The van der Waals surface area contributed by atoms with Gasteiger partial charge in [-0.25, -0.2) is 0 Å². The Labute approximate surface area is 56.4 Å². The van der Waals surface area contributed by atoms with E-state index in [9.17, 15) is 0 Å². The Morgan fingerprint density at radius 2 is 2.44 bits per heavy atom. The molecular weight excluding hydrogens is 112 g/mol. The van der Waals surface area contributed by atoms with E-state index >= 15 is 0 Å². The van der Waals surface area contributed by atoms with E-state index in [1.54, 1.807) is 6.08 Å². The third kappa shape index (κ3) is 3.79. The number of nitrogens with two attached hydrogens (primary N) is 1. The number of hydrogen-bond acceptors (Lipinski definition) is 2. The van der Waals surface area contributed by atoms with Crippen molar-refractivity contribution in [3.63, 3.8) is 0 Å². The summed E-state index contributed by atoms with van der Waals surface area (Å²) in [6.07, 6.45) is 2.55. The topological polar surface area (TPSA) is 38.0 Å². The van der Waals surface area contributed by atoms with Gasteiger partial charge in [0.15, 0.2) is 0 Å². The summed E-state index contributed by atoms with van der Waals surface area (Å²) >= 11 is 0. The molecule has 0 aliphatic carbocycles. The highest BCUT2D eigenvalue weighted by Crippen LogP contribution is 1.87. The first-order valence-electron chi connectivity index (χ1n) is 3.04. The molecule has 0 heterocycles. The van der Waals surface area contributed by atoms with Crippen LogP contribution in [-0.2, 0) is 0 Å². The van der Waals surface area contributed by atoms with Crippen LogP contribution in [0.3, 0.4) is 0 Å². The molecular formula is C7H14N2. The predicted octanol–water partition coefficient (Wildman–Crippen LogP) is 0.970. The highest BCUT2D eigenvalue weighted by Gasteiger charge is 1.94. The SMILES string of the molecule is C=CC(=C)NC(N)CC. The van der Waals surface area contributed by atoms with Gasteiger partial charge in [-0.05, 0) is 12.5 Å². The van der Waals surface area contributed by atoms with E-state index in [1.165, 1.54) is 0 Å². The van der Waals surface area contributed by atoms with Crippen LogP contribution in [0.1, 0.15) is 13.3 Å². The second kappa shape index (κ2) is 4.15. The molecule has 0 aliphatic heterocycles. The third-order valence-electron chi connectivity index (χ3n) is 1.06. The molecule has 0 radical (unpaired) electrons. The Morgan fingerprint density at radius 1 is 1.89 bits per heavy atom.